The van der Waals surface area contributed by atoms with Crippen LogP contribution < -0.4 is 11.1 Å². The molecule has 0 aliphatic rings. The molecule has 2 heteroatoms. The molecule has 0 saturated carbocycles. The molecule has 2 rings (SSSR count). The highest BCUT2D eigenvalue weighted by atomic mass is 14.9. The smallest absolute Gasteiger partial charge is 0.0340 e. The molecule has 0 amide bonds. The maximum atomic E-state index is 5.86. The second-order valence-electron chi connectivity index (χ2n) is 5.16. The first-order chi connectivity index (χ1) is 9.16. The summed E-state index contributed by atoms with van der Waals surface area (Å²) in [6, 6.07) is 19.2. The van der Waals surface area contributed by atoms with Crippen LogP contribution in [0.2, 0.25) is 0 Å². The Hall–Kier alpha value is -1.80. The van der Waals surface area contributed by atoms with E-state index in [1.54, 1.807) is 0 Å². The summed E-state index contributed by atoms with van der Waals surface area (Å²) in [6.07, 6.45) is 0. The van der Waals surface area contributed by atoms with E-state index in [9.17, 15) is 0 Å². The van der Waals surface area contributed by atoms with Crippen molar-refractivity contribution in [1.29, 1.82) is 0 Å². The van der Waals surface area contributed by atoms with E-state index in [1.807, 2.05) is 13.0 Å². The van der Waals surface area contributed by atoms with Crippen molar-refractivity contribution in [3.8, 4) is 11.1 Å². The number of nitrogens with one attached hydrogen (secondary N) is 1. The molecule has 0 heterocycles. The Labute approximate surface area is 115 Å². The fourth-order valence-electron chi connectivity index (χ4n) is 1.88. The molecule has 19 heavy (non-hydrogen) atoms. The van der Waals surface area contributed by atoms with Crippen molar-refractivity contribution in [2.75, 3.05) is 11.9 Å². The van der Waals surface area contributed by atoms with Gasteiger partial charge in [-0.05, 0) is 36.1 Å². The fraction of sp³-hybridized carbons (Fsp3) is 0.294. The van der Waals surface area contributed by atoms with Gasteiger partial charge in [0, 0.05) is 18.3 Å². The van der Waals surface area contributed by atoms with Crippen molar-refractivity contribution in [3.63, 3.8) is 0 Å². The van der Waals surface area contributed by atoms with Gasteiger partial charge in [0.05, 0.1) is 0 Å². The van der Waals surface area contributed by atoms with Gasteiger partial charge in [-0.1, -0.05) is 49.4 Å². The monoisotopic (exact) mass is 254 g/mol. The molecule has 0 aliphatic carbocycles. The van der Waals surface area contributed by atoms with E-state index in [0.29, 0.717) is 5.92 Å². The van der Waals surface area contributed by atoms with Crippen molar-refractivity contribution in [2.45, 2.75) is 19.9 Å². The summed E-state index contributed by atoms with van der Waals surface area (Å²) in [5.74, 6) is 0.466. The maximum absolute atomic E-state index is 5.86. The highest BCUT2D eigenvalue weighted by Gasteiger charge is 2.06. The number of benzene rings is 2. The highest BCUT2D eigenvalue weighted by Crippen LogP contribution is 2.21. The molecule has 2 aromatic carbocycles. The average molecular weight is 254 g/mol. The third-order valence-corrected chi connectivity index (χ3v) is 3.52. The molecule has 0 fully saturated rings. The Balaban J connectivity index is 1.99. The standard InChI is InChI=1S/C17H22N2/c1-13(14(2)18)12-19-17-10-8-16(9-11-17)15-6-4-3-5-7-15/h3-11,13-14,19H,12,18H2,1-2H3. The second-order valence-corrected chi connectivity index (χ2v) is 5.16. The van der Waals surface area contributed by atoms with Crippen molar-refractivity contribution in [3.05, 3.63) is 54.6 Å². The lowest BCUT2D eigenvalue weighted by Gasteiger charge is -2.17. The Kier molecular flexibility index (Phi) is 4.58. The van der Waals surface area contributed by atoms with Crippen molar-refractivity contribution >= 4 is 5.69 Å². The van der Waals surface area contributed by atoms with Crippen LogP contribution in [0.15, 0.2) is 54.6 Å². The van der Waals surface area contributed by atoms with Crippen LogP contribution in [0.25, 0.3) is 11.1 Å². The summed E-state index contributed by atoms with van der Waals surface area (Å²) in [6.45, 7) is 5.11. The van der Waals surface area contributed by atoms with E-state index in [4.69, 9.17) is 5.73 Å². The second kappa shape index (κ2) is 6.39. The predicted molar refractivity (Wildman–Crippen MR) is 83.2 cm³/mol. The Morgan fingerprint density at radius 1 is 0.895 bits per heavy atom. The van der Waals surface area contributed by atoms with Crippen molar-refractivity contribution in [1.82, 2.24) is 0 Å². The lowest BCUT2D eigenvalue weighted by atomic mass is 10.0. The largest absolute Gasteiger partial charge is 0.385 e. The number of anilines is 1. The third-order valence-electron chi connectivity index (χ3n) is 3.52. The molecular weight excluding hydrogens is 232 g/mol. The van der Waals surface area contributed by atoms with E-state index >= 15 is 0 Å². The summed E-state index contributed by atoms with van der Waals surface area (Å²) in [4.78, 5) is 0. The van der Waals surface area contributed by atoms with Gasteiger partial charge in [-0.2, -0.15) is 0 Å². The van der Waals surface area contributed by atoms with E-state index in [1.165, 1.54) is 11.1 Å². The van der Waals surface area contributed by atoms with Crippen LogP contribution in [-0.2, 0) is 0 Å². The zero-order valence-electron chi connectivity index (χ0n) is 11.6. The number of hydrogen-bond donors (Lipinski definition) is 2. The first-order valence-corrected chi connectivity index (χ1v) is 6.82. The Bertz CT molecular complexity index is 488. The summed E-state index contributed by atoms with van der Waals surface area (Å²) >= 11 is 0. The normalized spacial score (nSPS) is 13.8. The number of nitrogens with two attached hydrogens (primary N) is 1. The lowest BCUT2D eigenvalue weighted by Crippen LogP contribution is -2.29. The molecule has 0 bridgehead atoms. The minimum atomic E-state index is 0.219. The third kappa shape index (κ3) is 3.83. The summed E-state index contributed by atoms with van der Waals surface area (Å²) in [7, 11) is 0. The van der Waals surface area contributed by atoms with Crippen LogP contribution in [0, 0.1) is 5.92 Å². The van der Waals surface area contributed by atoms with Crippen LogP contribution in [0.3, 0.4) is 0 Å². The molecule has 0 radical (unpaired) electrons. The molecule has 0 spiro atoms. The van der Waals surface area contributed by atoms with E-state index in [2.05, 4.69) is 60.8 Å². The average Bonchev–Trinajstić information content (AvgIpc) is 2.46. The minimum Gasteiger partial charge on any atom is -0.385 e. The number of rotatable bonds is 5. The van der Waals surface area contributed by atoms with Crippen molar-refractivity contribution < 1.29 is 0 Å². The molecule has 0 aliphatic heterocycles. The predicted octanol–water partition coefficient (Wildman–Crippen LogP) is 3.75. The molecule has 0 aromatic heterocycles. The molecule has 2 aromatic rings. The van der Waals surface area contributed by atoms with Gasteiger partial charge >= 0.3 is 0 Å². The molecule has 100 valence electrons. The summed E-state index contributed by atoms with van der Waals surface area (Å²) in [5.41, 5.74) is 9.50. The van der Waals surface area contributed by atoms with Crippen LogP contribution in [0.1, 0.15) is 13.8 Å². The van der Waals surface area contributed by atoms with Gasteiger partial charge < -0.3 is 11.1 Å². The first-order valence-electron chi connectivity index (χ1n) is 6.82. The Morgan fingerprint density at radius 3 is 2.05 bits per heavy atom. The van der Waals surface area contributed by atoms with Crippen molar-refractivity contribution in [2.24, 2.45) is 11.7 Å². The van der Waals surface area contributed by atoms with E-state index in [0.717, 1.165) is 12.2 Å². The fourth-order valence-corrected chi connectivity index (χ4v) is 1.88. The van der Waals surface area contributed by atoms with Gasteiger partial charge in [0.1, 0.15) is 0 Å². The van der Waals surface area contributed by atoms with Gasteiger partial charge in [-0.25, -0.2) is 0 Å². The highest BCUT2D eigenvalue weighted by molar-refractivity contribution is 5.65. The zero-order chi connectivity index (χ0) is 13.7. The molecule has 2 atom stereocenters. The molecule has 3 N–H and O–H groups in total. The molecular formula is C17H22N2. The first kappa shape index (κ1) is 13.6. The maximum Gasteiger partial charge on any atom is 0.0340 e. The van der Waals surface area contributed by atoms with E-state index in [-0.39, 0.29) is 6.04 Å². The quantitative estimate of drug-likeness (QED) is 0.853. The Morgan fingerprint density at radius 2 is 1.47 bits per heavy atom. The number of hydrogen-bond acceptors (Lipinski definition) is 2. The van der Waals surface area contributed by atoms with Crippen LogP contribution >= 0.6 is 0 Å². The SMILES string of the molecule is CC(N)C(C)CNc1ccc(-c2ccccc2)cc1. The van der Waals surface area contributed by atoms with Gasteiger partial charge in [-0.15, -0.1) is 0 Å². The van der Waals surface area contributed by atoms with Gasteiger partial charge in [0.2, 0.25) is 0 Å². The zero-order valence-corrected chi connectivity index (χ0v) is 11.6. The van der Waals surface area contributed by atoms with E-state index < -0.39 is 0 Å². The van der Waals surface area contributed by atoms with Crippen LogP contribution in [0.4, 0.5) is 5.69 Å². The van der Waals surface area contributed by atoms with Crippen LogP contribution in [-0.4, -0.2) is 12.6 Å². The molecule has 2 nitrogen and oxygen atoms in total. The van der Waals surface area contributed by atoms with Gasteiger partial charge in [-0.3, -0.25) is 0 Å². The van der Waals surface area contributed by atoms with Gasteiger partial charge in [0.15, 0.2) is 0 Å². The lowest BCUT2D eigenvalue weighted by molar-refractivity contribution is 0.507. The molecule has 2 unspecified atom stereocenters. The summed E-state index contributed by atoms with van der Waals surface area (Å²) in [5, 5.41) is 3.42. The van der Waals surface area contributed by atoms with Crippen LogP contribution in [0.5, 0.6) is 0 Å². The molecule has 0 saturated heterocycles. The summed E-state index contributed by atoms with van der Waals surface area (Å²) < 4.78 is 0. The van der Waals surface area contributed by atoms with Gasteiger partial charge in [0.25, 0.3) is 0 Å². The minimum absolute atomic E-state index is 0.219. The topological polar surface area (TPSA) is 38.0 Å².